The van der Waals surface area contributed by atoms with Gasteiger partial charge in [0.15, 0.2) is 5.96 Å². The first-order valence-electron chi connectivity index (χ1n) is 10.9. The van der Waals surface area contributed by atoms with Crippen molar-refractivity contribution in [2.75, 3.05) is 45.8 Å². The molecule has 0 spiro atoms. The number of nitrogens with two attached hydrogens (primary N) is 1. The molecule has 0 bridgehead atoms. The van der Waals surface area contributed by atoms with Crippen molar-refractivity contribution >= 4 is 17.8 Å². The summed E-state index contributed by atoms with van der Waals surface area (Å²) in [6.07, 6.45) is 2.25. The molecule has 2 amide bonds. The fraction of sp³-hybridized carbons (Fsp3) is 0.591. The van der Waals surface area contributed by atoms with E-state index in [1.807, 2.05) is 24.0 Å². The van der Waals surface area contributed by atoms with Gasteiger partial charge in [-0.25, -0.2) is 4.99 Å². The Kier molecular flexibility index (Phi) is 7.68. The van der Waals surface area contributed by atoms with Gasteiger partial charge in [0.2, 0.25) is 11.8 Å². The number of guanidine groups is 1. The van der Waals surface area contributed by atoms with Gasteiger partial charge in [-0.05, 0) is 44.4 Å². The monoisotopic (exact) mass is 414 g/mol. The minimum atomic E-state index is -0.422. The second kappa shape index (κ2) is 10.4. The van der Waals surface area contributed by atoms with E-state index in [0.29, 0.717) is 12.1 Å². The molecule has 2 aliphatic heterocycles. The van der Waals surface area contributed by atoms with Crippen LogP contribution in [-0.4, -0.2) is 84.3 Å². The molecular weight excluding hydrogens is 380 g/mol. The number of likely N-dealkylation sites (tertiary alicyclic amines) is 1. The average Bonchev–Trinajstić information content (AvgIpc) is 3.31. The van der Waals surface area contributed by atoms with E-state index < -0.39 is 5.91 Å². The fourth-order valence-electron chi connectivity index (χ4n) is 4.05. The van der Waals surface area contributed by atoms with Gasteiger partial charge in [-0.1, -0.05) is 12.1 Å². The molecule has 2 heterocycles. The lowest BCUT2D eigenvalue weighted by atomic mass is 10.1. The smallest absolute Gasteiger partial charge is 0.248 e. The molecule has 0 saturated carbocycles. The molecule has 3 N–H and O–H groups in total. The van der Waals surface area contributed by atoms with E-state index in [4.69, 9.17) is 10.7 Å². The number of rotatable bonds is 6. The number of benzene rings is 1. The third-order valence-corrected chi connectivity index (χ3v) is 5.92. The molecule has 0 aliphatic carbocycles. The van der Waals surface area contributed by atoms with Crippen LogP contribution in [0, 0.1) is 0 Å². The summed E-state index contributed by atoms with van der Waals surface area (Å²) >= 11 is 0. The quantitative estimate of drug-likeness (QED) is 0.532. The van der Waals surface area contributed by atoms with Gasteiger partial charge in [0, 0.05) is 51.4 Å². The maximum absolute atomic E-state index is 12.7. The summed E-state index contributed by atoms with van der Waals surface area (Å²) in [6, 6.07) is 7.18. The van der Waals surface area contributed by atoms with Crippen LogP contribution in [0.2, 0.25) is 0 Å². The number of nitrogens with one attached hydrogen (secondary N) is 1. The highest BCUT2D eigenvalue weighted by atomic mass is 16.2. The summed E-state index contributed by atoms with van der Waals surface area (Å²) in [5, 5.41) is 3.37. The Morgan fingerprint density at radius 2 is 1.67 bits per heavy atom. The van der Waals surface area contributed by atoms with Crippen molar-refractivity contribution in [3.8, 4) is 0 Å². The maximum atomic E-state index is 12.7. The number of hydrogen-bond acceptors (Lipinski definition) is 4. The van der Waals surface area contributed by atoms with Gasteiger partial charge in [-0.15, -0.1) is 0 Å². The van der Waals surface area contributed by atoms with E-state index in [1.54, 1.807) is 12.1 Å². The predicted octanol–water partition coefficient (Wildman–Crippen LogP) is 0.880. The lowest BCUT2D eigenvalue weighted by Crippen LogP contribution is -2.57. The minimum Gasteiger partial charge on any atom is -0.366 e. The van der Waals surface area contributed by atoms with Crippen LogP contribution < -0.4 is 11.1 Å². The van der Waals surface area contributed by atoms with Crippen LogP contribution in [0.3, 0.4) is 0 Å². The topological polar surface area (TPSA) is 94.3 Å². The zero-order valence-electron chi connectivity index (χ0n) is 18.1. The molecule has 0 radical (unpaired) electrons. The Morgan fingerprint density at radius 3 is 2.23 bits per heavy atom. The number of hydrogen-bond donors (Lipinski definition) is 2. The Balaban J connectivity index is 1.56. The third-order valence-electron chi connectivity index (χ3n) is 5.92. The van der Waals surface area contributed by atoms with Gasteiger partial charge in [-0.2, -0.15) is 0 Å². The Morgan fingerprint density at radius 1 is 1.03 bits per heavy atom. The van der Waals surface area contributed by atoms with Crippen molar-refractivity contribution in [3.63, 3.8) is 0 Å². The van der Waals surface area contributed by atoms with Gasteiger partial charge in [0.1, 0.15) is 0 Å². The van der Waals surface area contributed by atoms with E-state index in [0.717, 1.165) is 70.2 Å². The zero-order chi connectivity index (χ0) is 21.5. The summed E-state index contributed by atoms with van der Waals surface area (Å²) in [7, 11) is 0. The molecule has 2 saturated heterocycles. The molecule has 3 rings (SSSR count). The SMILES string of the molecule is CCNC(=NCc1ccc(C(N)=O)cc1)N1CCN(C(C)C(=O)N2CCCC2)CC1. The number of aliphatic imine (C=N–C) groups is 1. The van der Waals surface area contributed by atoms with Crippen molar-refractivity contribution in [3.05, 3.63) is 35.4 Å². The van der Waals surface area contributed by atoms with E-state index in [-0.39, 0.29) is 11.9 Å². The van der Waals surface area contributed by atoms with Crippen LogP contribution in [0.4, 0.5) is 0 Å². The standard InChI is InChI=1S/C22H34N6O2/c1-3-24-22(25-16-18-6-8-19(9-7-18)20(23)29)28-14-12-26(13-15-28)17(2)21(30)27-10-4-5-11-27/h6-9,17H,3-5,10-16H2,1-2H3,(H2,23,29)(H,24,25). The number of amides is 2. The summed E-state index contributed by atoms with van der Waals surface area (Å²) in [6.45, 7) is 10.6. The molecule has 164 valence electrons. The van der Waals surface area contributed by atoms with Gasteiger partial charge in [0.05, 0.1) is 12.6 Å². The summed E-state index contributed by atoms with van der Waals surface area (Å²) in [5.41, 5.74) is 6.83. The molecule has 1 unspecified atom stereocenters. The zero-order valence-corrected chi connectivity index (χ0v) is 18.1. The molecule has 1 aromatic carbocycles. The second-order valence-corrected chi connectivity index (χ2v) is 7.96. The van der Waals surface area contributed by atoms with Crippen LogP contribution in [0.15, 0.2) is 29.3 Å². The highest BCUT2D eigenvalue weighted by Crippen LogP contribution is 2.14. The maximum Gasteiger partial charge on any atom is 0.248 e. The number of carbonyl (C=O) groups excluding carboxylic acids is 2. The predicted molar refractivity (Wildman–Crippen MR) is 118 cm³/mol. The normalized spacial score (nSPS) is 19.1. The van der Waals surface area contributed by atoms with Gasteiger partial charge < -0.3 is 20.9 Å². The van der Waals surface area contributed by atoms with Crippen molar-refractivity contribution in [2.24, 2.45) is 10.7 Å². The first kappa shape index (κ1) is 22.1. The van der Waals surface area contributed by atoms with Crippen LogP contribution in [-0.2, 0) is 11.3 Å². The van der Waals surface area contributed by atoms with Gasteiger partial charge >= 0.3 is 0 Å². The number of nitrogens with zero attached hydrogens (tertiary/aromatic N) is 4. The minimum absolute atomic E-state index is 0.0615. The molecule has 1 aromatic rings. The van der Waals surface area contributed by atoms with Crippen LogP contribution in [0.25, 0.3) is 0 Å². The number of piperazine rings is 1. The summed E-state index contributed by atoms with van der Waals surface area (Å²) in [4.78, 5) is 35.2. The Bertz CT molecular complexity index is 749. The lowest BCUT2D eigenvalue weighted by Gasteiger charge is -2.39. The summed E-state index contributed by atoms with van der Waals surface area (Å²) in [5.74, 6) is 0.726. The molecule has 8 nitrogen and oxygen atoms in total. The van der Waals surface area contributed by atoms with Crippen LogP contribution in [0.1, 0.15) is 42.6 Å². The highest BCUT2D eigenvalue weighted by Gasteiger charge is 2.30. The molecule has 0 aromatic heterocycles. The van der Waals surface area contributed by atoms with Gasteiger partial charge in [-0.3, -0.25) is 14.5 Å². The van der Waals surface area contributed by atoms with E-state index in [2.05, 4.69) is 22.0 Å². The Labute approximate surface area is 179 Å². The lowest BCUT2D eigenvalue weighted by molar-refractivity contribution is -0.135. The van der Waals surface area contributed by atoms with Crippen LogP contribution >= 0.6 is 0 Å². The molecule has 8 heteroatoms. The summed E-state index contributed by atoms with van der Waals surface area (Å²) < 4.78 is 0. The van der Waals surface area contributed by atoms with E-state index >= 15 is 0 Å². The van der Waals surface area contributed by atoms with Crippen molar-refractivity contribution in [1.29, 1.82) is 0 Å². The molecule has 1 atom stereocenters. The van der Waals surface area contributed by atoms with E-state index in [9.17, 15) is 9.59 Å². The molecule has 30 heavy (non-hydrogen) atoms. The first-order valence-corrected chi connectivity index (χ1v) is 10.9. The average molecular weight is 415 g/mol. The molecule has 2 fully saturated rings. The number of carbonyl (C=O) groups is 2. The van der Waals surface area contributed by atoms with Crippen molar-refractivity contribution in [2.45, 2.75) is 39.3 Å². The first-order chi connectivity index (χ1) is 14.5. The highest BCUT2D eigenvalue weighted by molar-refractivity contribution is 5.92. The van der Waals surface area contributed by atoms with Gasteiger partial charge in [0.25, 0.3) is 0 Å². The molecule has 2 aliphatic rings. The Hall–Kier alpha value is -2.61. The van der Waals surface area contributed by atoms with Crippen LogP contribution in [0.5, 0.6) is 0 Å². The van der Waals surface area contributed by atoms with Crippen molar-refractivity contribution < 1.29 is 9.59 Å². The largest absolute Gasteiger partial charge is 0.366 e. The number of primary amides is 1. The van der Waals surface area contributed by atoms with Crippen molar-refractivity contribution in [1.82, 2.24) is 20.0 Å². The fourth-order valence-corrected chi connectivity index (χ4v) is 4.05. The third kappa shape index (κ3) is 5.50. The second-order valence-electron chi connectivity index (χ2n) is 7.96. The van der Waals surface area contributed by atoms with E-state index in [1.165, 1.54) is 0 Å². The molecular formula is C22H34N6O2.